The van der Waals surface area contributed by atoms with E-state index < -0.39 is 61.9 Å². The van der Waals surface area contributed by atoms with E-state index in [1.165, 1.54) is 31.5 Å². The molecule has 1 atom stereocenters. The number of hydrogen-bond acceptors (Lipinski definition) is 6. The molecule has 0 aromatic carbocycles. The number of rotatable bonds is 6. The summed E-state index contributed by atoms with van der Waals surface area (Å²) in [4.78, 5) is 15.0. The third-order valence-electron chi connectivity index (χ3n) is 5.04. The zero-order valence-corrected chi connectivity index (χ0v) is 18.5. The predicted molar refractivity (Wildman–Crippen MR) is 105 cm³/mol. The van der Waals surface area contributed by atoms with Crippen LogP contribution in [0.5, 0.6) is 0 Å². The van der Waals surface area contributed by atoms with Gasteiger partial charge in [-0.25, -0.2) is 37.1 Å². The van der Waals surface area contributed by atoms with E-state index in [-0.39, 0.29) is 17.7 Å². The Morgan fingerprint density at radius 1 is 0.971 bits per heavy atom. The average Bonchev–Trinajstić information content (AvgIpc) is 3.17. The Morgan fingerprint density at radius 3 is 2.06 bits per heavy atom. The highest BCUT2D eigenvalue weighted by molar-refractivity contribution is 7.91. The van der Waals surface area contributed by atoms with Crippen LogP contribution in [0.15, 0.2) is 41.7 Å². The highest BCUT2D eigenvalue weighted by Crippen LogP contribution is 2.54. The molecule has 0 aliphatic carbocycles. The van der Waals surface area contributed by atoms with Crippen molar-refractivity contribution >= 4 is 9.84 Å². The largest absolute Gasteiger partial charge is 0.434 e. The topological polar surface area (TPSA) is 90.6 Å². The van der Waals surface area contributed by atoms with Crippen molar-refractivity contribution in [1.82, 2.24) is 24.5 Å². The molecule has 3 aromatic heterocycles. The maximum atomic E-state index is 14.7. The lowest BCUT2D eigenvalue weighted by atomic mass is 9.96. The summed E-state index contributed by atoms with van der Waals surface area (Å²) < 4.78 is 133. The Morgan fingerprint density at radius 2 is 1.54 bits per heavy atom. The molecule has 0 bridgehead atoms. The van der Waals surface area contributed by atoms with Crippen LogP contribution < -0.4 is 0 Å². The van der Waals surface area contributed by atoms with E-state index in [1.54, 1.807) is 0 Å². The SMILES string of the molecule is CCS(=O)(=O)c1ccc(-c2ncccn2)nc1-c1ncc(C(F)C(F)(C(F)(F)F)C(F)(F)F)n1C. The van der Waals surface area contributed by atoms with Gasteiger partial charge in [0, 0.05) is 19.4 Å². The van der Waals surface area contributed by atoms with E-state index in [0.29, 0.717) is 4.57 Å². The van der Waals surface area contributed by atoms with Gasteiger partial charge in [0.05, 0.1) is 22.5 Å². The highest BCUT2D eigenvalue weighted by atomic mass is 32.2. The maximum absolute atomic E-state index is 14.7. The molecule has 0 N–H and O–H groups in total. The minimum Gasteiger partial charge on any atom is -0.327 e. The van der Waals surface area contributed by atoms with E-state index in [0.717, 1.165) is 13.1 Å². The van der Waals surface area contributed by atoms with E-state index in [2.05, 4.69) is 19.9 Å². The molecule has 0 aliphatic rings. The number of aromatic nitrogens is 5. The fourth-order valence-electron chi connectivity index (χ4n) is 3.10. The monoisotopic (exact) mass is 529 g/mol. The summed E-state index contributed by atoms with van der Waals surface area (Å²) >= 11 is 0. The normalized spacial score (nSPS) is 14.2. The average molecular weight is 529 g/mol. The van der Waals surface area contributed by atoms with Gasteiger partial charge >= 0.3 is 18.0 Å². The predicted octanol–water partition coefficient (Wildman–Crippen LogP) is 4.58. The fraction of sp³-hybridized carbons (Fsp3) is 0.368. The molecule has 0 fully saturated rings. The van der Waals surface area contributed by atoms with Crippen molar-refractivity contribution in [3.63, 3.8) is 0 Å². The van der Waals surface area contributed by atoms with E-state index in [1.807, 2.05) is 0 Å². The number of alkyl halides is 8. The second-order valence-corrected chi connectivity index (χ2v) is 9.40. The van der Waals surface area contributed by atoms with Crippen LogP contribution in [0.2, 0.25) is 0 Å². The molecule has 190 valence electrons. The first-order chi connectivity index (χ1) is 16.1. The number of pyridine rings is 1. The Bertz CT molecular complexity index is 1310. The first kappa shape index (κ1) is 26.4. The number of nitrogens with zero attached hydrogens (tertiary/aromatic N) is 5. The van der Waals surface area contributed by atoms with Gasteiger partial charge in [0.25, 0.3) is 0 Å². The van der Waals surface area contributed by atoms with Crippen LogP contribution in [0, 0.1) is 0 Å². The van der Waals surface area contributed by atoms with Gasteiger partial charge in [-0.05, 0) is 18.2 Å². The molecule has 0 aliphatic heterocycles. The first-order valence-electron chi connectivity index (χ1n) is 9.55. The number of sulfone groups is 1. The standard InChI is InChI=1S/C19H15F8N5O2S/c1-3-35(33,34)12-6-5-10(15-28-7-4-8-29-15)31-13(12)16-30-9-11(32(16)2)14(20)17(21,18(22,23)24)19(25,26)27/h4-9,14H,3H2,1-2H3. The van der Waals surface area contributed by atoms with Crippen LogP contribution in [-0.2, 0) is 16.9 Å². The third-order valence-corrected chi connectivity index (χ3v) is 6.80. The van der Waals surface area contributed by atoms with Gasteiger partial charge in [-0.1, -0.05) is 6.92 Å². The van der Waals surface area contributed by atoms with E-state index in [4.69, 9.17) is 0 Å². The van der Waals surface area contributed by atoms with Crippen molar-refractivity contribution in [3.05, 3.63) is 42.5 Å². The van der Waals surface area contributed by atoms with Crippen molar-refractivity contribution in [3.8, 4) is 23.0 Å². The molecule has 1 unspecified atom stereocenters. The summed E-state index contributed by atoms with van der Waals surface area (Å²) in [6.07, 6.45) is -14.7. The molecule has 16 heteroatoms. The van der Waals surface area contributed by atoms with Gasteiger partial charge < -0.3 is 4.57 Å². The minimum absolute atomic E-state index is 0.00363. The van der Waals surface area contributed by atoms with Gasteiger partial charge in [-0.15, -0.1) is 0 Å². The molecule has 7 nitrogen and oxygen atoms in total. The molecule has 0 saturated heterocycles. The smallest absolute Gasteiger partial charge is 0.327 e. The summed E-state index contributed by atoms with van der Waals surface area (Å²) in [5.41, 5.74) is -8.25. The van der Waals surface area contributed by atoms with E-state index >= 15 is 0 Å². The van der Waals surface area contributed by atoms with Crippen molar-refractivity contribution in [1.29, 1.82) is 0 Å². The number of hydrogen-bond donors (Lipinski definition) is 0. The van der Waals surface area contributed by atoms with Crippen molar-refractivity contribution in [2.45, 2.75) is 36.0 Å². The molecular weight excluding hydrogens is 514 g/mol. The van der Waals surface area contributed by atoms with Crippen molar-refractivity contribution in [2.75, 3.05) is 5.75 Å². The quantitative estimate of drug-likeness (QED) is 0.435. The molecule has 3 aromatic rings. The van der Waals surface area contributed by atoms with Crippen LogP contribution in [0.25, 0.3) is 23.0 Å². The van der Waals surface area contributed by atoms with Gasteiger partial charge in [-0.3, -0.25) is 0 Å². The molecule has 3 heterocycles. The summed E-state index contributed by atoms with van der Waals surface area (Å²) in [5.74, 6) is -1.08. The van der Waals surface area contributed by atoms with Crippen molar-refractivity contribution < 1.29 is 43.5 Å². The lowest BCUT2D eigenvalue weighted by Crippen LogP contribution is -2.56. The van der Waals surface area contributed by atoms with Gasteiger partial charge in [0.15, 0.2) is 27.7 Å². The molecule has 0 amide bonds. The Kier molecular flexibility index (Phi) is 6.65. The fourth-order valence-corrected chi connectivity index (χ4v) is 4.12. The lowest BCUT2D eigenvalue weighted by Gasteiger charge is -2.32. The minimum atomic E-state index is -6.66. The number of halogens is 8. The molecule has 3 rings (SSSR count). The van der Waals surface area contributed by atoms with Gasteiger partial charge in [-0.2, -0.15) is 26.3 Å². The summed E-state index contributed by atoms with van der Waals surface area (Å²) in [7, 11) is -3.26. The summed E-state index contributed by atoms with van der Waals surface area (Å²) in [6.45, 7) is 1.28. The first-order valence-corrected chi connectivity index (χ1v) is 11.2. The van der Waals surface area contributed by atoms with Crippen LogP contribution in [-0.4, -0.2) is 56.7 Å². The van der Waals surface area contributed by atoms with Crippen LogP contribution >= 0.6 is 0 Å². The summed E-state index contributed by atoms with van der Waals surface area (Å²) in [5, 5.41) is 0. The maximum Gasteiger partial charge on any atom is 0.434 e. The van der Waals surface area contributed by atoms with Crippen molar-refractivity contribution in [2.24, 2.45) is 7.05 Å². The molecule has 0 spiro atoms. The van der Waals surface area contributed by atoms with Crippen LogP contribution in [0.3, 0.4) is 0 Å². The molecule has 35 heavy (non-hydrogen) atoms. The second kappa shape index (κ2) is 8.80. The molecular formula is C19H15F8N5O2S. The zero-order chi connectivity index (χ0) is 26.4. The van der Waals surface area contributed by atoms with Crippen LogP contribution in [0.1, 0.15) is 18.8 Å². The lowest BCUT2D eigenvalue weighted by molar-refractivity contribution is -0.359. The third kappa shape index (κ3) is 4.46. The second-order valence-electron chi connectivity index (χ2n) is 7.15. The summed E-state index contributed by atoms with van der Waals surface area (Å²) in [6, 6.07) is 3.76. The Labute approximate surface area is 192 Å². The van der Waals surface area contributed by atoms with Crippen LogP contribution in [0.4, 0.5) is 35.1 Å². The zero-order valence-electron chi connectivity index (χ0n) is 17.7. The van der Waals surface area contributed by atoms with E-state index in [9.17, 15) is 43.5 Å². The highest BCUT2D eigenvalue weighted by Gasteiger charge is 2.77. The molecule has 0 radical (unpaired) electrons. The molecule has 0 saturated carbocycles. The Hall–Kier alpha value is -3.17. The van der Waals surface area contributed by atoms with Gasteiger partial charge in [0.1, 0.15) is 11.4 Å². The number of imidazole rings is 1. The van der Waals surface area contributed by atoms with Gasteiger partial charge in [0.2, 0.25) is 0 Å². The Balaban J connectivity index is 2.25.